The van der Waals surface area contributed by atoms with Gasteiger partial charge >= 0.3 is 0 Å². The molecule has 2 aromatic rings. The lowest BCUT2D eigenvalue weighted by molar-refractivity contribution is -0.127. The highest BCUT2D eigenvalue weighted by molar-refractivity contribution is 8.00. The summed E-state index contributed by atoms with van der Waals surface area (Å²) in [5.74, 6) is 0.392. The van der Waals surface area contributed by atoms with Gasteiger partial charge in [-0.2, -0.15) is 0 Å². The molecule has 7 heteroatoms. The fraction of sp³-hybridized carbons (Fsp3) is 0.423. The fourth-order valence-corrected chi connectivity index (χ4v) is 5.25. The molecule has 0 spiro atoms. The van der Waals surface area contributed by atoms with Crippen molar-refractivity contribution in [1.29, 1.82) is 0 Å². The molecule has 2 fully saturated rings. The zero-order valence-electron chi connectivity index (χ0n) is 18.9. The average molecular weight is 466 g/mol. The van der Waals surface area contributed by atoms with E-state index in [4.69, 9.17) is 0 Å². The summed E-state index contributed by atoms with van der Waals surface area (Å²) in [6.45, 7) is 3.71. The van der Waals surface area contributed by atoms with Crippen LogP contribution in [0, 0.1) is 0 Å². The zero-order valence-corrected chi connectivity index (χ0v) is 19.7. The first-order chi connectivity index (χ1) is 16.1. The minimum absolute atomic E-state index is 0.0831. The molecule has 0 bridgehead atoms. The Morgan fingerprint density at radius 1 is 0.788 bits per heavy atom. The number of rotatable bonds is 7. The molecule has 0 aromatic heterocycles. The molecular formula is C26H31N3O3S. The number of nitrogens with zero attached hydrogens (tertiary/aromatic N) is 2. The quantitative estimate of drug-likeness (QED) is 0.629. The summed E-state index contributed by atoms with van der Waals surface area (Å²) in [5.41, 5.74) is 2.21. The second-order valence-electron chi connectivity index (χ2n) is 8.61. The Morgan fingerprint density at radius 2 is 1.42 bits per heavy atom. The molecule has 2 aromatic carbocycles. The second-order valence-corrected chi connectivity index (χ2v) is 9.62. The van der Waals surface area contributed by atoms with E-state index in [-0.39, 0.29) is 17.7 Å². The molecule has 0 aliphatic carbocycles. The Morgan fingerprint density at radius 3 is 2.15 bits per heavy atom. The van der Waals surface area contributed by atoms with Crippen LogP contribution in [-0.2, 0) is 11.3 Å². The Bertz CT molecular complexity index is 981. The lowest BCUT2D eigenvalue weighted by atomic mass is 10.1. The average Bonchev–Trinajstić information content (AvgIpc) is 3.42. The van der Waals surface area contributed by atoms with Crippen LogP contribution >= 0.6 is 11.8 Å². The van der Waals surface area contributed by atoms with Crippen molar-refractivity contribution in [3.8, 4) is 0 Å². The third-order valence-electron chi connectivity index (χ3n) is 6.24. The minimum Gasteiger partial charge on any atom is -0.348 e. The van der Waals surface area contributed by atoms with Gasteiger partial charge in [0.15, 0.2) is 0 Å². The second kappa shape index (κ2) is 11.4. The highest BCUT2D eigenvalue weighted by atomic mass is 32.2. The maximum Gasteiger partial charge on any atom is 0.253 e. The fourth-order valence-electron chi connectivity index (χ4n) is 4.30. The largest absolute Gasteiger partial charge is 0.348 e. The standard InChI is InChI=1S/C26H31N3O3S/c30-24(28-14-6-7-15-28)19-33-23-9-3-2-8-22(23)25(31)27-18-20-10-12-21(13-11-20)26(32)29-16-4-1-5-17-29/h2-3,8-13H,1,4-7,14-19H2,(H,27,31). The van der Waals surface area contributed by atoms with Gasteiger partial charge in [0, 0.05) is 43.2 Å². The van der Waals surface area contributed by atoms with Crippen LogP contribution < -0.4 is 5.32 Å². The summed E-state index contributed by atoms with van der Waals surface area (Å²) in [5, 5.41) is 2.97. The normalized spacial score (nSPS) is 16.0. The molecule has 0 unspecified atom stereocenters. The number of carbonyl (C=O) groups is 3. The number of thioether (sulfide) groups is 1. The highest BCUT2D eigenvalue weighted by Gasteiger charge is 2.20. The first-order valence-electron chi connectivity index (χ1n) is 11.8. The van der Waals surface area contributed by atoms with Gasteiger partial charge in [-0.3, -0.25) is 14.4 Å². The Balaban J connectivity index is 1.31. The monoisotopic (exact) mass is 465 g/mol. The lowest BCUT2D eigenvalue weighted by Crippen LogP contribution is -2.35. The number of carbonyl (C=O) groups excluding carboxylic acids is 3. The number of piperidine rings is 1. The summed E-state index contributed by atoms with van der Waals surface area (Å²) < 4.78 is 0. The van der Waals surface area contributed by atoms with E-state index >= 15 is 0 Å². The van der Waals surface area contributed by atoms with E-state index in [0.29, 0.717) is 23.4 Å². The molecule has 6 nitrogen and oxygen atoms in total. The summed E-state index contributed by atoms with van der Waals surface area (Å²) in [4.78, 5) is 42.5. The number of benzene rings is 2. The summed E-state index contributed by atoms with van der Waals surface area (Å²) in [6, 6.07) is 14.9. The lowest BCUT2D eigenvalue weighted by Gasteiger charge is -2.26. The Hall–Kier alpha value is -2.80. The van der Waals surface area contributed by atoms with Crippen LogP contribution in [0.5, 0.6) is 0 Å². The Labute approximate surface area is 199 Å². The van der Waals surface area contributed by atoms with Gasteiger partial charge in [-0.05, 0) is 61.9 Å². The van der Waals surface area contributed by atoms with Crippen LogP contribution in [0.2, 0.25) is 0 Å². The minimum atomic E-state index is -0.166. The first kappa shape index (κ1) is 23.4. The van der Waals surface area contributed by atoms with Crippen LogP contribution in [0.25, 0.3) is 0 Å². The van der Waals surface area contributed by atoms with E-state index < -0.39 is 0 Å². The van der Waals surface area contributed by atoms with Crippen molar-refractivity contribution in [2.45, 2.75) is 43.5 Å². The van der Waals surface area contributed by atoms with Gasteiger partial charge in [0.25, 0.3) is 11.8 Å². The van der Waals surface area contributed by atoms with E-state index in [9.17, 15) is 14.4 Å². The van der Waals surface area contributed by atoms with Crippen LogP contribution in [-0.4, -0.2) is 59.5 Å². The van der Waals surface area contributed by atoms with Gasteiger partial charge in [-0.15, -0.1) is 11.8 Å². The van der Waals surface area contributed by atoms with Crippen molar-refractivity contribution in [1.82, 2.24) is 15.1 Å². The third-order valence-corrected chi connectivity index (χ3v) is 7.30. The summed E-state index contributed by atoms with van der Waals surface area (Å²) in [7, 11) is 0. The zero-order chi connectivity index (χ0) is 23.0. The van der Waals surface area contributed by atoms with Gasteiger partial charge in [0.2, 0.25) is 5.91 Å². The smallest absolute Gasteiger partial charge is 0.253 e. The maximum atomic E-state index is 12.8. The van der Waals surface area contributed by atoms with E-state index in [2.05, 4.69) is 5.32 Å². The first-order valence-corrected chi connectivity index (χ1v) is 12.8. The molecule has 0 saturated carbocycles. The van der Waals surface area contributed by atoms with Crippen molar-refractivity contribution < 1.29 is 14.4 Å². The molecule has 0 atom stereocenters. The number of nitrogens with one attached hydrogen (secondary N) is 1. The number of likely N-dealkylation sites (tertiary alicyclic amines) is 2. The van der Waals surface area contributed by atoms with Crippen LogP contribution in [0.3, 0.4) is 0 Å². The molecule has 4 rings (SSSR count). The molecule has 33 heavy (non-hydrogen) atoms. The topological polar surface area (TPSA) is 69.7 Å². The number of hydrogen-bond donors (Lipinski definition) is 1. The molecule has 3 amide bonds. The van der Waals surface area contributed by atoms with E-state index in [1.165, 1.54) is 18.2 Å². The molecule has 2 aliphatic rings. The van der Waals surface area contributed by atoms with E-state index in [1.54, 1.807) is 6.07 Å². The van der Waals surface area contributed by atoms with Crippen LogP contribution in [0.4, 0.5) is 0 Å². The van der Waals surface area contributed by atoms with Gasteiger partial charge in [0.1, 0.15) is 0 Å². The molecule has 2 saturated heterocycles. The van der Waals surface area contributed by atoms with Crippen molar-refractivity contribution in [2.24, 2.45) is 0 Å². The molecular weight excluding hydrogens is 434 g/mol. The van der Waals surface area contributed by atoms with Gasteiger partial charge in [-0.1, -0.05) is 24.3 Å². The van der Waals surface area contributed by atoms with Crippen LogP contribution in [0.1, 0.15) is 58.4 Å². The predicted molar refractivity (Wildman–Crippen MR) is 130 cm³/mol. The van der Waals surface area contributed by atoms with Gasteiger partial charge in [-0.25, -0.2) is 0 Å². The molecule has 2 heterocycles. The van der Waals surface area contributed by atoms with Gasteiger partial charge in [0.05, 0.1) is 11.3 Å². The summed E-state index contributed by atoms with van der Waals surface area (Å²) >= 11 is 1.42. The van der Waals surface area contributed by atoms with Crippen molar-refractivity contribution in [2.75, 3.05) is 31.9 Å². The van der Waals surface area contributed by atoms with Crippen LogP contribution in [0.15, 0.2) is 53.4 Å². The Kier molecular flexibility index (Phi) is 8.05. The summed E-state index contributed by atoms with van der Waals surface area (Å²) in [6.07, 6.45) is 5.48. The molecule has 1 N–H and O–H groups in total. The van der Waals surface area contributed by atoms with Gasteiger partial charge < -0.3 is 15.1 Å². The molecule has 0 radical (unpaired) electrons. The van der Waals surface area contributed by atoms with E-state index in [0.717, 1.165) is 62.3 Å². The molecule has 2 aliphatic heterocycles. The van der Waals surface area contributed by atoms with Crippen molar-refractivity contribution in [3.05, 3.63) is 65.2 Å². The highest BCUT2D eigenvalue weighted by Crippen LogP contribution is 2.24. The van der Waals surface area contributed by atoms with Crippen molar-refractivity contribution in [3.63, 3.8) is 0 Å². The third kappa shape index (κ3) is 6.16. The molecule has 174 valence electrons. The predicted octanol–water partition coefficient (Wildman–Crippen LogP) is 3.96. The SMILES string of the molecule is O=C(NCc1ccc(C(=O)N2CCCCC2)cc1)c1ccccc1SCC(=O)N1CCCC1. The van der Waals surface area contributed by atoms with Crippen molar-refractivity contribution >= 4 is 29.5 Å². The number of hydrogen-bond acceptors (Lipinski definition) is 4. The number of amides is 3. The maximum absolute atomic E-state index is 12.8. The van der Waals surface area contributed by atoms with E-state index in [1.807, 2.05) is 52.3 Å².